The summed E-state index contributed by atoms with van der Waals surface area (Å²) in [5, 5.41) is 9.49. The number of ether oxygens (including phenoxy) is 1. The first-order chi connectivity index (χ1) is 9.72. The third-order valence-electron chi connectivity index (χ3n) is 3.35. The maximum absolute atomic E-state index is 13.4. The molecule has 0 saturated carbocycles. The number of halogens is 1. The molecule has 1 aliphatic heterocycles. The van der Waals surface area contributed by atoms with Crippen LogP contribution in [0.3, 0.4) is 0 Å². The van der Waals surface area contributed by atoms with Crippen LogP contribution in [0.5, 0.6) is 11.5 Å². The highest BCUT2D eigenvalue weighted by molar-refractivity contribution is 5.59. The molecule has 0 aromatic heterocycles. The van der Waals surface area contributed by atoms with Gasteiger partial charge in [0, 0.05) is 19.2 Å². The number of benzene rings is 2. The Balaban J connectivity index is 1.90. The largest absolute Gasteiger partial charge is 0.508 e. The Morgan fingerprint density at radius 1 is 1.20 bits per heavy atom. The molecule has 3 nitrogen and oxygen atoms in total. The molecule has 20 heavy (non-hydrogen) atoms. The molecule has 1 N–H and O–H groups in total. The summed E-state index contributed by atoms with van der Waals surface area (Å²) in [6, 6.07) is 12.0. The van der Waals surface area contributed by atoms with Gasteiger partial charge in [0.05, 0.1) is 12.3 Å². The van der Waals surface area contributed by atoms with Crippen molar-refractivity contribution in [2.24, 2.45) is 0 Å². The predicted molar refractivity (Wildman–Crippen MR) is 75.7 cm³/mol. The van der Waals surface area contributed by atoms with Gasteiger partial charge in [-0.05, 0) is 36.2 Å². The monoisotopic (exact) mass is 273 g/mol. The number of phenolic OH excluding ortho intramolecular Hbond substituents is 1. The number of nitrogens with zero attached hydrogens (tertiary/aromatic N) is 1. The topological polar surface area (TPSA) is 32.7 Å². The average Bonchev–Trinajstić information content (AvgIpc) is 2.61. The first-order valence-electron chi connectivity index (χ1n) is 6.67. The zero-order valence-corrected chi connectivity index (χ0v) is 11.1. The van der Waals surface area contributed by atoms with Gasteiger partial charge >= 0.3 is 0 Å². The number of hydrogen-bond acceptors (Lipinski definition) is 3. The molecular weight excluding hydrogens is 257 g/mol. The zero-order chi connectivity index (χ0) is 13.9. The smallest absolute Gasteiger partial charge is 0.142 e. The highest BCUT2D eigenvalue weighted by Crippen LogP contribution is 2.31. The molecule has 0 fully saturated rings. The maximum Gasteiger partial charge on any atom is 0.142 e. The van der Waals surface area contributed by atoms with Gasteiger partial charge in [-0.2, -0.15) is 0 Å². The van der Waals surface area contributed by atoms with E-state index in [2.05, 4.69) is 4.90 Å². The fourth-order valence-electron chi connectivity index (χ4n) is 2.51. The van der Waals surface area contributed by atoms with Crippen LogP contribution in [0, 0.1) is 5.82 Å². The molecule has 0 radical (unpaired) electrons. The van der Waals surface area contributed by atoms with Gasteiger partial charge in [0.15, 0.2) is 0 Å². The number of para-hydroxylation sites is 2. The molecule has 0 bridgehead atoms. The summed E-state index contributed by atoms with van der Waals surface area (Å²) in [6.45, 7) is 2.07. The van der Waals surface area contributed by atoms with Crippen molar-refractivity contribution in [3.05, 3.63) is 53.8 Å². The SMILES string of the molecule is Oc1cc(F)cc(CN2CCCOc3ccccc32)c1. The first kappa shape index (κ1) is 12.8. The van der Waals surface area contributed by atoms with E-state index in [1.807, 2.05) is 24.3 Å². The van der Waals surface area contributed by atoms with E-state index in [0.29, 0.717) is 13.2 Å². The number of hydrogen-bond donors (Lipinski definition) is 1. The average molecular weight is 273 g/mol. The first-order valence-corrected chi connectivity index (χ1v) is 6.67. The molecule has 4 heteroatoms. The molecule has 0 amide bonds. The van der Waals surface area contributed by atoms with Crippen LogP contribution in [0.2, 0.25) is 0 Å². The minimum Gasteiger partial charge on any atom is -0.508 e. The van der Waals surface area contributed by atoms with Crippen molar-refractivity contribution < 1.29 is 14.2 Å². The van der Waals surface area contributed by atoms with Crippen LogP contribution in [0.25, 0.3) is 0 Å². The molecule has 1 heterocycles. The Bertz CT molecular complexity index is 595. The van der Waals surface area contributed by atoms with Crippen LogP contribution in [0.15, 0.2) is 42.5 Å². The lowest BCUT2D eigenvalue weighted by Crippen LogP contribution is -2.23. The molecule has 0 atom stereocenters. The van der Waals surface area contributed by atoms with Crippen LogP contribution in [-0.2, 0) is 6.54 Å². The summed E-state index contributed by atoms with van der Waals surface area (Å²) in [4.78, 5) is 2.15. The summed E-state index contributed by atoms with van der Waals surface area (Å²) >= 11 is 0. The number of phenols is 1. The lowest BCUT2D eigenvalue weighted by molar-refractivity contribution is 0.322. The minimum atomic E-state index is -0.417. The van der Waals surface area contributed by atoms with Gasteiger partial charge in [-0.25, -0.2) is 4.39 Å². The van der Waals surface area contributed by atoms with Crippen molar-refractivity contribution in [3.8, 4) is 11.5 Å². The third kappa shape index (κ3) is 2.69. The van der Waals surface area contributed by atoms with E-state index in [4.69, 9.17) is 4.74 Å². The molecule has 3 rings (SSSR count). The van der Waals surface area contributed by atoms with Crippen molar-refractivity contribution in [2.45, 2.75) is 13.0 Å². The van der Waals surface area contributed by atoms with Gasteiger partial charge in [0.2, 0.25) is 0 Å². The Labute approximate surface area is 117 Å². The Morgan fingerprint density at radius 3 is 2.90 bits per heavy atom. The second kappa shape index (κ2) is 5.41. The Kier molecular flexibility index (Phi) is 3.46. The van der Waals surface area contributed by atoms with E-state index >= 15 is 0 Å². The summed E-state index contributed by atoms with van der Waals surface area (Å²) < 4.78 is 19.1. The predicted octanol–water partition coefficient (Wildman–Crippen LogP) is 3.32. The van der Waals surface area contributed by atoms with Crippen LogP contribution in [0.4, 0.5) is 10.1 Å². The number of anilines is 1. The van der Waals surface area contributed by atoms with Crippen LogP contribution in [-0.4, -0.2) is 18.3 Å². The fourth-order valence-corrected chi connectivity index (χ4v) is 2.51. The summed E-state index contributed by atoms with van der Waals surface area (Å²) in [5.41, 5.74) is 1.76. The van der Waals surface area contributed by atoms with E-state index in [1.54, 1.807) is 6.07 Å². The van der Waals surface area contributed by atoms with Crippen molar-refractivity contribution >= 4 is 5.69 Å². The Hall–Kier alpha value is -2.23. The molecule has 104 valence electrons. The summed E-state index contributed by atoms with van der Waals surface area (Å²) in [5.74, 6) is 0.393. The van der Waals surface area contributed by atoms with E-state index in [1.165, 1.54) is 6.07 Å². The lowest BCUT2D eigenvalue weighted by Gasteiger charge is -2.23. The zero-order valence-electron chi connectivity index (χ0n) is 11.1. The van der Waals surface area contributed by atoms with Crippen LogP contribution < -0.4 is 9.64 Å². The van der Waals surface area contributed by atoms with Gasteiger partial charge in [0.25, 0.3) is 0 Å². The van der Waals surface area contributed by atoms with E-state index in [0.717, 1.165) is 36.0 Å². The van der Waals surface area contributed by atoms with E-state index in [9.17, 15) is 9.50 Å². The normalized spacial score (nSPS) is 14.3. The Morgan fingerprint density at radius 2 is 2.05 bits per heavy atom. The van der Waals surface area contributed by atoms with Gasteiger partial charge in [-0.15, -0.1) is 0 Å². The van der Waals surface area contributed by atoms with Crippen molar-refractivity contribution in [3.63, 3.8) is 0 Å². The van der Waals surface area contributed by atoms with Gasteiger partial charge in [-0.3, -0.25) is 0 Å². The maximum atomic E-state index is 13.4. The van der Waals surface area contributed by atoms with Crippen molar-refractivity contribution in [1.82, 2.24) is 0 Å². The number of rotatable bonds is 2. The molecule has 0 spiro atoms. The molecular formula is C16H16FNO2. The van der Waals surface area contributed by atoms with E-state index in [-0.39, 0.29) is 5.75 Å². The van der Waals surface area contributed by atoms with Gasteiger partial charge < -0.3 is 14.7 Å². The van der Waals surface area contributed by atoms with Crippen LogP contribution >= 0.6 is 0 Å². The number of fused-ring (bicyclic) bond motifs is 1. The molecule has 0 aliphatic carbocycles. The third-order valence-corrected chi connectivity index (χ3v) is 3.35. The molecule has 1 aliphatic rings. The highest BCUT2D eigenvalue weighted by Gasteiger charge is 2.16. The second-order valence-corrected chi connectivity index (χ2v) is 4.91. The van der Waals surface area contributed by atoms with Crippen LogP contribution in [0.1, 0.15) is 12.0 Å². The minimum absolute atomic E-state index is 0.0423. The van der Waals surface area contributed by atoms with Crippen molar-refractivity contribution in [1.29, 1.82) is 0 Å². The lowest BCUT2D eigenvalue weighted by atomic mass is 10.1. The second-order valence-electron chi connectivity index (χ2n) is 4.91. The molecule has 2 aromatic carbocycles. The quantitative estimate of drug-likeness (QED) is 0.911. The molecule has 0 unspecified atom stereocenters. The summed E-state index contributed by atoms with van der Waals surface area (Å²) in [7, 11) is 0. The highest BCUT2D eigenvalue weighted by atomic mass is 19.1. The standard InChI is InChI=1S/C16H16FNO2/c17-13-8-12(9-14(19)10-13)11-18-6-3-7-20-16-5-2-1-4-15(16)18/h1-2,4-5,8-10,19H,3,6-7,11H2. The molecule has 0 saturated heterocycles. The fraction of sp³-hybridized carbons (Fsp3) is 0.250. The van der Waals surface area contributed by atoms with Crippen molar-refractivity contribution in [2.75, 3.05) is 18.1 Å². The number of aromatic hydroxyl groups is 1. The van der Waals surface area contributed by atoms with E-state index < -0.39 is 5.82 Å². The summed E-state index contributed by atoms with van der Waals surface area (Å²) in [6.07, 6.45) is 0.913. The van der Waals surface area contributed by atoms with Gasteiger partial charge in [-0.1, -0.05) is 12.1 Å². The molecule has 2 aromatic rings. The van der Waals surface area contributed by atoms with Gasteiger partial charge in [0.1, 0.15) is 17.3 Å².